The number of fused-ring (bicyclic) bond motifs is 4. The van der Waals surface area contributed by atoms with Crippen LogP contribution in [0.3, 0.4) is 0 Å². The number of furan rings is 1. The molecule has 0 fully saturated rings. The second-order valence-corrected chi connectivity index (χ2v) is 9.51. The topological polar surface area (TPSA) is 120 Å². The van der Waals surface area contributed by atoms with Gasteiger partial charge in [0.2, 0.25) is 0 Å². The van der Waals surface area contributed by atoms with Gasteiger partial charge < -0.3 is 14.7 Å². The van der Waals surface area contributed by atoms with E-state index in [9.17, 15) is 24.7 Å². The number of benzene rings is 2. The largest absolute Gasteiger partial charge is 0.481 e. The van der Waals surface area contributed by atoms with Gasteiger partial charge in [0.25, 0.3) is 11.8 Å². The predicted octanol–water partition coefficient (Wildman–Crippen LogP) is 5.05. The van der Waals surface area contributed by atoms with E-state index in [0.29, 0.717) is 54.6 Å². The monoisotopic (exact) mass is 488 g/mol. The zero-order valence-electron chi connectivity index (χ0n) is 19.9. The van der Waals surface area contributed by atoms with Gasteiger partial charge in [0, 0.05) is 35.9 Å². The first-order valence-electron chi connectivity index (χ1n) is 12.4. The summed E-state index contributed by atoms with van der Waals surface area (Å²) < 4.78 is 5.96. The third-order valence-corrected chi connectivity index (χ3v) is 7.26. The van der Waals surface area contributed by atoms with Crippen LogP contribution >= 0.6 is 0 Å². The molecule has 8 heteroatoms. The number of carbonyl (C=O) groups is 3. The summed E-state index contributed by atoms with van der Waals surface area (Å²) in [6, 6.07) is 12.4. The van der Waals surface area contributed by atoms with Crippen LogP contribution in [0, 0.1) is 5.92 Å². The molecule has 1 aromatic heterocycles. The Morgan fingerprint density at radius 1 is 1.03 bits per heavy atom. The van der Waals surface area contributed by atoms with Crippen LogP contribution < -0.4 is 0 Å². The lowest BCUT2D eigenvalue weighted by Crippen LogP contribution is -2.30. The molecule has 2 heterocycles. The molecule has 1 aliphatic heterocycles. The van der Waals surface area contributed by atoms with Gasteiger partial charge in [-0.15, -0.1) is 0 Å². The standard InChI is InChI=1S/C28H28N2O6/c31-26-21-8-3-4-9-22(21)27(32)30(26)14-5-1-2-7-18(28(33)34)15-23(29-35)17-12-13-20-19-10-6-11-24(19)36-25(20)16-17/h3-4,8-9,12-13,16,18,35H,1-2,5-7,10-11,14-15H2,(H,33,34)/t18-/m1/s1. The number of amides is 2. The van der Waals surface area contributed by atoms with E-state index in [2.05, 4.69) is 5.16 Å². The van der Waals surface area contributed by atoms with Gasteiger partial charge in [0.15, 0.2) is 0 Å². The normalized spacial score (nSPS) is 16.0. The van der Waals surface area contributed by atoms with Crippen LogP contribution in [0.2, 0.25) is 0 Å². The average molecular weight is 489 g/mol. The first kappa shape index (κ1) is 23.8. The van der Waals surface area contributed by atoms with Gasteiger partial charge >= 0.3 is 5.97 Å². The first-order chi connectivity index (χ1) is 17.5. The molecular weight excluding hydrogens is 460 g/mol. The number of oxime groups is 1. The summed E-state index contributed by atoms with van der Waals surface area (Å²) in [4.78, 5) is 38.1. The maximum absolute atomic E-state index is 12.5. The zero-order chi connectivity index (χ0) is 25.2. The number of carbonyl (C=O) groups excluding carboxylic acids is 2. The van der Waals surface area contributed by atoms with E-state index < -0.39 is 11.9 Å². The molecule has 2 aromatic carbocycles. The summed E-state index contributed by atoms with van der Waals surface area (Å²) in [6.07, 6.45) is 5.39. The fourth-order valence-electron chi connectivity index (χ4n) is 5.32. The Balaban J connectivity index is 1.15. The van der Waals surface area contributed by atoms with Gasteiger partial charge in [0.1, 0.15) is 11.3 Å². The van der Waals surface area contributed by atoms with Crippen LogP contribution in [0.5, 0.6) is 0 Å². The van der Waals surface area contributed by atoms with E-state index in [-0.39, 0.29) is 18.2 Å². The van der Waals surface area contributed by atoms with Crippen LogP contribution in [0.1, 0.15) is 76.1 Å². The molecule has 0 unspecified atom stereocenters. The highest BCUT2D eigenvalue weighted by Gasteiger charge is 2.34. The van der Waals surface area contributed by atoms with Crippen molar-refractivity contribution in [2.75, 3.05) is 6.54 Å². The van der Waals surface area contributed by atoms with Gasteiger partial charge in [-0.1, -0.05) is 42.3 Å². The fraction of sp³-hybridized carbons (Fsp3) is 0.357. The Morgan fingerprint density at radius 2 is 1.78 bits per heavy atom. The third-order valence-electron chi connectivity index (χ3n) is 7.26. The van der Waals surface area contributed by atoms with Crippen molar-refractivity contribution in [3.8, 4) is 0 Å². The Labute approximate surface area is 208 Å². The molecule has 36 heavy (non-hydrogen) atoms. The Kier molecular flexibility index (Phi) is 6.59. The van der Waals surface area contributed by atoms with E-state index in [1.807, 2.05) is 18.2 Å². The third kappa shape index (κ3) is 4.39. The van der Waals surface area contributed by atoms with Crippen LogP contribution in [-0.2, 0) is 17.6 Å². The highest BCUT2D eigenvalue weighted by Crippen LogP contribution is 2.33. The second-order valence-electron chi connectivity index (χ2n) is 9.51. The minimum Gasteiger partial charge on any atom is -0.481 e. The number of aryl methyl sites for hydroxylation is 2. The minimum absolute atomic E-state index is 0.0934. The molecule has 2 amide bonds. The van der Waals surface area contributed by atoms with Crippen molar-refractivity contribution in [1.82, 2.24) is 4.90 Å². The lowest BCUT2D eigenvalue weighted by Gasteiger charge is -2.15. The van der Waals surface area contributed by atoms with E-state index in [1.54, 1.807) is 24.3 Å². The lowest BCUT2D eigenvalue weighted by molar-refractivity contribution is -0.141. The predicted molar refractivity (Wildman–Crippen MR) is 133 cm³/mol. The summed E-state index contributed by atoms with van der Waals surface area (Å²) in [5.41, 5.74) is 3.80. The number of aliphatic carboxylic acids is 1. The molecular formula is C28H28N2O6. The van der Waals surface area contributed by atoms with Crippen molar-refractivity contribution < 1.29 is 29.1 Å². The van der Waals surface area contributed by atoms with E-state index in [1.165, 1.54) is 10.5 Å². The summed E-state index contributed by atoms with van der Waals surface area (Å²) in [7, 11) is 0. The molecule has 0 radical (unpaired) electrons. The number of unbranched alkanes of at least 4 members (excludes halogenated alkanes) is 2. The first-order valence-corrected chi connectivity index (χ1v) is 12.4. The smallest absolute Gasteiger partial charge is 0.306 e. The second kappa shape index (κ2) is 9.97. The van der Waals surface area contributed by atoms with E-state index in [0.717, 1.165) is 36.0 Å². The highest BCUT2D eigenvalue weighted by molar-refractivity contribution is 6.21. The summed E-state index contributed by atoms with van der Waals surface area (Å²) in [5, 5.41) is 23.9. The van der Waals surface area contributed by atoms with Gasteiger partial charge in [-0.2, -0.15) is 0 Å². The number of rotatable bonds is 10. The minimum atomic E-state index is -0.949. The number of hydrogen-bond acceptors (Lipinski definition) is 6. The SMILES string of the molecule is O=C(O)[C@H](CCCCCN1C(=O)c2ccccc2C1=O)CC(=NO)c1ccc2c3c(oc2c1)CCC3. The van der Waals surface area contributed by atoms with Crippen LogP contribution in [0.15, 0.2) is 52.0 Å². The molecule has 0 bridgehead atoms. The van der Waals surface area contributed by atoms with Crippen molar-refractivity contribution in [3.63, 3.8) is 0 Å². The Morgan fingerprint density at radius 3 is 2.47 bits per heavy atom. The average Bonchev–Trinajstić information content (AvgIpc) is 3.54. The maximum Gasteiger partial charge on any atom is 0.306 e. The highest BCUT2D eigenvalue weighted by atomic mass is 16.4. The van der Waals surface area contributed by atoms with E-state index in [4.69, 9.17) is 4.42 Å². The zero-order valence-corrected chi connectivity index (χ0v) is 19.9. The quantitative estimate of drug-likeness (QED) is 0.135. The Hall–Kier alpha value is -3.94. The van der Waals surface area contributed by atoms with Gasteiger partial charge in [-0.05, 0) is 43.9 Å². The molecule has 0 spiro atoms. The molecule has 3 aromatic rings. The molecule has 0 saturated heterocycles. The van der Waals surface area contributed by atoms with Crippen molar-refractivity contribution in [2.45, 2.75) is 51.4 Å². The number of imide groups is 1. The van der Waals surface area contributed by atoms with Crippen molar-refractivity contribution in [1.29, 1.82) is 0 Å². The number of hydrogen-bond donors (Lipinski definition) is 2. The van der Waals surface area contributed by atoms with Crippen LogP contribution in [0.4, 0.5) is 0 Å². The Bertz CT molecular complexity index is 1340. The van der Waals surface area contributed by atoms with Gasteiger partial charge in [-0.3, -0.25) is 19.3 Å². The number of nitrogens with zero attached hydrogens (tertiary/aromatic N) is 2. The molecule has 2 N–H and O–H groups in total. The van der Waals surface area contributed by atoms with Gasteiger partial charge in [-0.25, -0.2) is 0 Å². The molecule has 1 atom stereocenters. The molecule has 0 saturated carbocycles. The summed E-state index contributed by atoms with van der Waals surface area (Å²) >= 11 is 0. The molecule has 5 rings (SSSR count). The lowest BCUT2D eigenvalue weighted by atomic mass is 9.92. The molecule has 186 valence electrons. The van der Waals surface area contributed by atoms with Crippen molar-refractivity contribution in [3.05, 3.63) is 70.5 Å². The van der Waals surface area contributed by atoms with Gasteiger partial charge in [0.05, 0.1) is 22.8 Å². The van der Waals surface area contributed by atoms with Crippen molar-refractivity contribution in [2.24, 2.45) is 11.1 Å². The maximum atomic E-state index is 12.5. The molecule has 8 nitrogen and oxygen atoms in total. The van der Waals surface area contributed by atoms with Crippen LogP contribution in [0.25, 0.3) is 11.0 Å². The fourth-order valence-corrected chi connectivity index (χ4v) is 5.32. The van der Waals surface area contributed by atoms with E-state index >= 15 is 0 Å². The number of carboxylic acids is 1. The van der Waals surface area contributed by atoms with Crippen molar-refractivity contribution >= 4 is 34.5 Å². The summed E-state index contributed by atoms with van der Waals surface area (Å²) in [5.74, 6) is -1.21. The molecule has 1 aliphatic carbocycles. The molecule has 2 aliphatic rings. The van der Waals surface area contributed by atoms with Crippen LogP contribution in [-0.4, -0.2) is 45.3 Å². The summed E-state index contributed by atoms with van der Waals surface area (Å²) in [6.45, 7) is 0.306. The number of carboxylic acid groups (broad SMARTS) is 1.